The largest absolute Gasteiger partial charge is 0.389 e. The van der Waals surface area contributed by atoms with Gasteiger partial charge in [-0.15, -0.1) is 0 Å². The van der Waals surface area contributed by atoms with E-state index in [9.17, 15) is 0 Å². The number of allylic oxidation sites excluding steroid dienone is 3. The lowest BCUT2D eigenvalue weighted by Crippen LogP contribution is -2.43. The van der Waals surface area contributed by atoms with Gasteiger partial charge in [0.2, 0.25) is 0 Å². The molecule has 0 unspecified atom stereocenters. The van der Waals surface area contributed by atoms with Gasteiger partial charge in [0, 0.05) is 38.0 Å². The average molecular weight is 248 g/mol. The maximum atomic E-state index is 5.67. The van der Waals surface area contributed by atoms with Crippen LogP contribution in [0.3, 0.4) is 0 Å². The van der Waals surface area contributed by atoms with Crippen molar-refractivity contribution in [1.82, 2.24) is 4.90 Å². The minimum Gasteiger partial charge on any atom is -0.389 e. The summed E-state index contributed by atoms with van der Waals surface area (Å²) in [6.45, 7) is 8.46. The fraction of sp³-hybridized carbons (Fsp3) is 0.667. The van der Waals surface area contributed by atoms with Crippen LogP contribution in [-0.2, 0) is 4.84 Å². The quantitative estimate of drug-likeness (QED) is 0.714. The summed E-state index contributed by atoms with van der Waals surface area (Å²) in [6, 6.07) is 0. The molecule has 0 aromatic rings. The lowest BCUT2D eigenvalue weighted by Gasteiger charge is -2.38. The summed E-state index contributed by atoms with van der Waals surface area (Å²) in [4.78, 5) is 8.13. The van der Waals surface area contributed by atoms with Crippen molar-refractivity contribution in [1.29, 1.82) is 0 Å². The van der Waals surface area contributed by atoms with E-state index in [-0.39, 0.29) is 5.60 Å². The molecule has 2 aliphatic rings. The lowest BCUT2D eigenvalue weighted by molar-refractivity contribution is -0.0562. The Morgan fingerprint density at radius 3 is 2.67 bits per heavy atom. The zero-order valence-corrected chi connectivity index (χ0v) is 11.8. The van der Waals surface area contributed by atoms with Gasteiger partial charge in [-0.25, -0.2) is 0 Å². The molecule has 0 aromatic carbocycles. The SMILES string of the molecule is C/C=C\C(=C/CC)N1CCC2(CC1)CC(C)=NO2. The number of oxime groups is 1. The second-order valence-electron chi connectivity index (χ2n) is 5.30. The first-order valence-electron chi connectivity index (χ1n) is 6.98. The first kappa shape index (κ1) is 13.2. The molecule has 0 amide bonds. The third-order valence-corrected chi connectivity index (χ3v) is 3.76. The lowest BCUT2D eigenvalue weighted by atomic mass is 9.87. The maximum Gasteiger partial charge on any atom is 0.146 e. The van der Waals surface area contributed by atoms with E-state index in [1.165, 1.54) is 5.70 Å². The summed E-state index contributed by atoms with van der Waals surface area (Å²) in [7, 11) is 0. The third-order valence-electron chi connectivity index (χ3n) is 3.76. The van der Waals surface area contributed by atoms with Gasteiger partial charge in [-0.05, 0) is 26.3 Å². The van der Waals surface area contributed by atoms with Crippen LogP contribution in [0.15, 0.2) is 29.1 Å². The van der Waals surface area contributed by atoms with Gasteiger partial charge in [-0.3, -0.25) is 0 Å². The Labute approximate surface area is 110 Å². The van der Waals surface area contributed by atoms with Crippen molar-refractivity contribution in [2.75, 3.05) is 13.1 Å². The third kappa shape index (κ3) is 2.77. The number of piperidine rings is 1. The zero-order chi connectivity index (χ0) is 13.0. The first-order valence-corrected chi connectivity index (χ1v) is 6.98. The number of hydrogen-bond donors (Lipinski definition) is 0. The van der Waals surface area contributed by atoms with E-state index in [1.807, 2.05) is 0 Å². The number of likely N-dealkylation sites (tertiary alicyclic amines) is 1. The van der Waals surface area contributed by atoms with Crippen molar-refractivity contribution in [3.05, 3.63) is 23.9 Å². The predicted octanol–water partition coefficient (Wildman–Crippen LogP) is 3.49. The molecular formula is C15H24N2O. The number of rotatable bonds is 3. The van der Waals surface area contributed by atoms with Crippen molar-refractivity contribution in [3.8, 4) is 0 Å². The van der Waals surface area contributed by atoms with E-state index in [2.05, 4.69) is 49.1 Å². The van der Waals surface area contributed by atoms with Gasteiger partial charge in [0.25, 0.3) is 0 Å². The normalized spacial score (nSPS) is 23.6. The molecule has 0 aliphatic carbocycles. The van der Waals surface area contributed by atoms with Crippen molar-refractivity contribution in [3.63, 3.8) is 0 Å². The molecule has 2 heterocycles. The molecule has 18 heavy (non-hydrogen) atoms. The Morgan fingerprint density at radius 1 is 1.44 bits per heavy atom. The Hall–Kier alpha value is -1.25. The highest BCUT2D eigenvalue weighted by molar-refractivity contribution is 5.83. The summed E-state index contributed by atoms with van der Waals surface area (Å²) < 4.78 is 0. The molecule has 1 fully saturated rings. The van der Waals surface area contributed by atoms with Gasteiger partial charge >= 0.3 is 0 Å². The van der Waals surface area contributed by atoms with Crippen LogP contribution < -0.4 is 0 Å². The van der Waals surface area contributed by atoms with Crippen LogP contribution in [0.1, 0.15) is 46.5 Å². The Balaban J connectivity index is 1.96. The molecule has 3 heteroatoms. The van der Waals surface area contributed by atoms with E-state index in [0.29, 0.717) is 0 Å². The molecule has 100 valence electrons. The Kier molecular flexibility index (Phi) is 4.10. The van der Waals surface area contributed by atoms with Crippen molar-refractivity contribution < 1.29 is 4.84 Å². The minimum atomic E-state index is 0.00777. The van der Waals surface area contributed by atoms with E-state index in [4.69, 9.17) is 4.84 Å². The first-order chi connectivity index (χ1) is 8.69. The zero-order valence-electron chi connectivity index (χ0n) is 11.8. The molecule has 2 rings (SSSR count). The van der Waals surface area contributed by atoms with Crippen molar-refractivity contribution >= 4 is 5.71 Å². The summed E-state index contributed by atoms with van der Waals surface area (Å²) >= 11 is 0. The van der Waals surface area contributed by atoms with Crippen LogP contribution in [-0.4, -0.2) is 29.3 Å². The van der Waals surface area contributed by atoms with E-state index < -0.39 is 0 Å². The van der Waals surface area contributed by atoms with Gasteiger partial charge in [-0.1, -0.05) is 24.2 Å². The van der Waals surface area contributed by atoms with Crippen LogP contribution >= 0.6 is 0 Å². The van der Waals surface area contributed by atoms with E-state index in [0.717, 1.165) is 44.5 Å². The molecular weight excluding hydrogens is 224 g/mol. The minimum absolute atomic E-state index is 0.00777. The molecule has 2 aliphatic heterocycles. The van der Waals surface area contributed by atoms with Gasteiger partial charge in [0.15, 0.2) is 0 Å². The van der Waals surface area contributed by atoms with E-state index >= 15 is 0 Å². The molecule has 0 atom stereocenters. The molecule has 0 bridgehead atoms. The molecule has 0 aromatic heterocycles. The highest BCUT2D eigenvalue weighted by Gasteiger charge is 2.40. The van der Waals surface area contributed by atoms with Crippen molar-refractivity contribution in [2.24, 2.45) is 5.16 Å². The molecule has 1 spiro atoms. The van der Waals surface area contributed by atoms with E-state index in [1.54, 1.807) is 0 Å². The maximum absolute atomic E-state index is 5.67. The van der Waals surface area contributed by atoms with Crippen molar-refractivity contribution in [2.45, 2.75) is 52.1 Å². The summed E-state index contributed by atoms with van der Waals surface area (Å²) in [5.41, 5.74) is 2.50. The molecule has 0 saturated carbocycles. The van der Waals surface area contributed by atoms with Crippen LogP contribution in [0, 0.1) is 0 Å². The Morgan fingerprint density at radius 2 is 2.17 bits per heavy atom. The summed E-state index contributed by atoms with van der Waals surface area (Å²) in [5.74, 6) is 0. The van der Waals surface area contributed by atoms with Gasteiger partial charge in [0.05, 0.1) is 5.71 Å². The summed E-state index contributed by atoms with van der Waals surface area (Å²) in [5, 5.41) is 4.13. The monoisotopic (exact) mass is 248 g/mol. The molecule has 3 nitrogen and oxygen atoms in total. The number of nitrogens with zero attached hydrogens (tertiary/aromatic N) is 2. The highest BCUT2D eigenvalue weighted by atomic mass is 16.7. The summed E-state index contributed by atoms with van der Waals surface area (Å²) in [6.07, 6.45) is 10.9. The van der Waals surface area contributed by atoms with Gasteiger partial charge in [0.1, 0.15) is 5.60 Å². The van der Waals surface area contributed by atoms with Gasteiger partial charge in [-0.2, -0.15) is 0 Å². The van der Waals surface area contributed by atoms with Crippen LogP contribution in [0.5, 0.6) is 0 Å². The highest BCUT2D eigenvalue weighted by Crippen LogP contribution is 2.35. The Bertz CT molecular complexity index is 374. The standard InChI is InChI=1S/C15H24N2O/c1-4-6-14(7-5-2)17-10-8-15(9-11-17)12-13(3)16-18-15/h4,6-7H,5,8-12H2,1-3H3/b6-4-,14-7+. The fourth-order valence-corrected chi connectivity index (χ4v) is 2.83. The predicted molar refractivity (Wildman–Crippen MR) is 75.5 cm³/mol. The molecule has 1 saturated heterocycles. The number of hydrogen-bond acceptors (Lipinski definition) is 3. The fourth-order valence-electron chi connectivity index (χ4n) is 2.83. The second-order valence-corrected chi connectivity index (χ2v) is 5.30. The second kappa shape index (κ2) is 5.59. The van der Waals surface area contributed by atoms with Crippen LogP contribution in [0.2, 0.25) is 0 Å². The van der Waals surface area contributed by atoms with Gasteiger partial charge < -0.3 is 9.74 Å². The topological polar surface area (TPSA) is 24.8 Å². The van der Waals surface area contributed by atoms with Crippen LogP contribution in [0.25, 0.3) is 0 Å². The molecule has 0 N–H and O–H groups in total. The molecule has 0 radical (unpaired) electrons. The average Bonchev–Trinajstić information content (AvgIpc) is 2.72. The smallest absolute Gasteiger partial charge is 0.146 e. The van der Waals surface area contributed by atoms with Crippen LogP contribution in [0.4, 0.5) is 0 Å².